The van der Waals surface area contributed by atoms with E-state index >= 15 is 0 Å². The van der Waals surface area contributed by atoms with Crippen molar-refractivity contribution in [1.29, 1.82) is 5.26 Å². The molecule has 5 aromatic rings. The lowest BCUT2D eigenvalue weighted by molar-refractivity contribution is -0.118. The third-order valence-electron chi connectivity index (χ3n) is 5.73. The van der Waals surface area contributed by atoms with E-state index < -0.39 is 0 Å². The average molecular weight is 463 g/mol. The van der Waals surface area contributed by atoms with Crippen LogP contribution in [0.5, 0.6) is 0 Å². The third kappa shape index (κ3) is 4.50. The summed E-state index contributed by atoms with van der Waals surface area (Å²) in [4.78, 5) is 20.6. The molecule has 1 aromatic carbocycles. The zero-order valence-electron chi connectivity index (χ0n) is 19.1. The lowest BCUT2D eigenvalue weighted by Gasteiger charge is -2.11. The Labute approximate surface area is 201 Å². The van der Waals surface area contributed by atoms with Gasteiger partial charge in [-0.15, -0.1) is 0 Å². The standard InChI is InChI=1S/C26H22N8O/c1-17-4-2-7-22(31-17)26-21(15-33(32-26)14-19-6-3-5-18(12-19)13-27)20-8-11-25-29-16-30-34(25)23(20)9-10-24(28)35/h2-8,11-12,15-16H,9-10,14H2,1H3,(H2,28,35). The molecule has 0 aliphatic heterocycles. The van der Waals surface area contributed by atoms with Gasteiger partial charge in [-0.2, -0.15) is 15.5 Å². The second-order valence-electron chi connectivity index (χ2n) is 8.26. The lowest BCUT2D eigenvalue weighted by Crippen LogP contribution is -2.13. The number of aromatic nitrogens is 6. The Bertz CT molecular complexity index is 1590. The molecule has 172 valence electrons. The smallest absolute Gasteiger partial charge is 0.217 e. The molecule has 35 heavy (non-hydrogen) atoms. The van der Waals surface area contributed by atoms with Crippen LogP contribution in [0.1, 0.15) is 28.9 Å². The predicted molar refractivity (Wildman–Crippen MR) is 130 cm³/mol. The molecule has 0 bridgehead atoms. The first-order chi connectivity index (χ1) is 17.0. The largest absolute Gasteiger partial charge is 0.370 e. The van der Waals surface area contributed by atoms with Crippen LogP contribution in [0.4, 0.5) is 0 Å². The molecule has 4 aromatic heterocycles. The van der Waals surface area contributed by atoms with E-state index in [0.717, 1.165) is 33.8 Å². The fourth-order valence-corrected chi connectivity index (χ4v) is 4.16. The summed E-state index contributed by atoms with van der Waals surface area (Å²) in [5, 5.41) is 18.5. The van der Waals surface area contributed by atoms with Gasteiger partial charge in [0, 0.05) is 29.4 Å². The van der Waals surface area contributed by atoms with Gasteiger partial charge < -0.3 is 5.73 Å². The minimum atomic E-state index is -0.387. The van der Waals surface area contributed by atoms with Crippen LogP contribution >= 0.6 is 0 Å². The molecule has 1 amide bonds. The SMILES string of the molecule is Cc1cccc(-c2nn(Cc3cccc(C#N)c3)cc2-c2ccc3ncnn3c2CCC(N)=O)n1. The van der Waals surface area contributed by atoms with Crippen molar-refractivity contribution < 1.29 is 4.79 Å². The Morgan fingerprint density at radius 3 is 2.77 bits per heavy atom. The Morgan fingerprint density at radius 1 is 1.11 bits per heavy atom. The number of rotatable bonds is 7. The zero-order chi connectivity index (χ0) is 24.4. The van der Waals surface area contributed by atoms with Gasteiger partial charge in [0.05, 0.1) is 29.6 Å². The summed E-state index contributed by atoms with van der Waals surface area (Å²) in [5.74, 6) is -0.387. The number of carbonyl (C=O) groups excluding carboxylic acids is 1. The van der Waals surface area contributed by atoms with E-state index in [2.05, 4.69) is 16.2 Å². The maximum absolute atomic E-state index is 11.6. The first-order valence-corrected chi connectivity index (χ1v) is 11.1. The molecule has 9 heteroatoms. The van der Waals surface area contributed by atoms with Crippen molar-refractivity contribution >= 4 is 11.6 Å². The van der Waals surface area contributed by atoms with Crippen molar-refractivity contribution in [3.63, 3.8) is 0 Å². The molecular formula is C26H22N8O. The maximum Gasteiger partial charge on any atom is 0.217 e. The molecule has 0 radical (unpaired) electrons. The summed E-state index contributed by atoms with van der Waals surface area (Å²) in [6.45, 7) is 2.42. The van der Waals surface area contributed by atoms with Gasteiger partial charge in [-0.05, 0) is 55.3 Å². The van der Waals surface area contributed by atoms with E-state index in [1.165, 1.54) is 6.33 Å². The highest BCUT2D eigenvalue weighted by molar-refractivity contribution is 5.81. The third-order valence-corrected chi connectivity index (χ3v) is 5.73. The number of primary amides is 1. The average Bonchev–Trinajstić information content (AvgIpc) is 3.50. The summed E-state index contributed by atoms with van der Waals surface area (Å²) in [6, 6.07) is 19.3. The minimum Gasteiger partial charge on any atom is -0.370 e. The van der Waals surface area contributed by atoms with Crippen molar-refractivity contribution in [3.8, 4) is 28.6 Å². The molecule has 0 saturated heterocycles. The topological polar surface area (TPSA) is 128 Å². The van der Waals surface area contributed by atoms with Crippen LogP contribution in [0.3, 0.4) is 0 Å². The molecule has 0 spiro atoms. The van der Waals surface area contributed by atoms with Crippen molar-refractivity contribution in [1.82, 2.24) is 29.4 Å². The number of nitrogens with zero attached hydrogens (tertiary/aromatic N) is 7. The van der Waals surface area contributed by atoms with Crippen molar-refractivity contribution in [3.05, 3.63) is 89.6 Å². The van der Waals surface area contributed by atoms with Crippen LogP contribution in [-0.2, 0) is 17.8 Å². The van der Waals surface area contributed by atoms with Gasteiger partial charge in [-0.1, -0.05) is 18.2 Å². The molecule has 0 fully saturated rings. The number of pyridine rings is 2. The van der Waals surface area contributed by atoms with Crippen LogP contribution in [0.25, 0.3) is 28.2 Å². The van der Waals surface area contributed by atoms with Gasteiger partial charge in [-0.3, -0.25) is 14.5 Å². The lowest BCUT2D eigenvalue weighted by atomic mass is 10.00. The molecular weight excluding hydrogens is 440 g/mol. The fraction of sp³-hybridized carbons (Fsp3) is 0.154. The Balaban J connectivity index is 1.67. The number of aryl methyl sites for hydroxylation is 2. The number of benzene rings is 1. The van der Waals surface area contributed by atoms with E-state index in [9.17, 15) is 10.1 Å². The summed E-state index contributed by atoms with van der Waals surface area (Å²) in [7, 11) is 0. The number of nitriles is 1. The summed E-state index contributed by atoms with van der Waals surface area (Å²) < 4.78 is 3.58. The van der Waals surface area contributed by atoms with E-state index in [-0.39, 0.29) is 12.3 Å². The molecule has 9 nitrogen and oxygen atoms in total. The number of hydrogen-bond donors (Lipinski definition) is 1. The molecule has 4 heterocycles. The van der Waals surface area contributed by atoms with E-state index in [0.29, 0.717) is 29.9 Å². The number of fused-ring (bicyclic) bond motifs is 1. The first kappa shape index (κ1) is 22.0. The maximum atomic E-state index is 11.6. The monoisotopic (exact) mass is 462 g/mol. The molecule has 0 aliphatic carbocycles. The van der Waals surface area contributed by atoms with Crippen LogP contribution in [0.15, 0.2) is 67.1 Å². The quantitative estimate of drug-likeness (QED) is 0.395. The number of amides is 1. The number of nitrogens with two attached hydrogens (primary N) is 1. The van der Waals surface area contributed by atoms with Gasteiger partial charge >= 0.3 is 0 Å². The summed E-state index contributed by atoms with van der Waals surface area (Å²) in [6.07, 6.45) is 4.03. The second kappa shape index (κ2) is 9.19. The van der Waals surface area contributed by atoms with Crippen LogP contribution in [-0.4, -0.2) is 35.3 Å². The van der Waals surface area contributed by atoms with E-state index in [1.807, 2.05) is 66.3 Å². The van der Waals surface area contributed by atoms with Crippen LogP contribution in [0.2, 0.25) is 0 Å². The van der Waals surface area contributed by atoms with Gasteiger partial charge in [-0.25, -0.2) is 9.50 Å². The minimum absolute atomic E-state index is 0.180. The molecule has 0 saturated carbocycles. The highest BCUT2D eigenvalue weighted by Crippen LogP contribution is 2.33. The number of carbonyl (C=O) groups is 1. The van der Waals surface area contributed by atoms with Crippen molar-refractivity contribution in [2.45, 2.75) is 26.3 Å². The molecule has 0 atom stereocenters. The van der Waals surface area contributed by atoms with Gasteiger partial charge in [0.1, 0.15) is 12.0 Å². The summed E-state index contributed by atoms with van der Waals surface area (Å²) in [5.41, 5.74) is 12.6. The van der Waals surface area contributed by atoms with Crippen molar-refractivity contribution in [2.24, 2.45) is 5.73 Å². The van der Waals surface area contributed by atoms with Gasteiger partial charge in [0.25, 0.3) is 0 Å². The van der Waals surface area contributed by atoms with E-state index in [1.54, 1.807) is 10.6 Å². The fourth-order valence-electron chi connectivity index (χ4n) is 4.16. The van der Waals surface area contributed by atoms with Crippen LogP contribution in [0, 0.1) is 18.3 Å². The summed E-state index contributed by atoms with van der Waals surface area (Å²) >= 11 is 0. The molecule has 2 N–H and O–H groups in total. The molecule has 0 aliphatic rings. The highest BCUT2D eigenvalue weighted by Gasteiger charge is 2.20. The number of hydrogen-bond acceptors (Lipinski definition) is 6. The van der Waals surface area contributed by atoms with E-state index in [4.69, 9.17) is 15.8 Å². The Kier molecular flexibility index (Phi) is 5.77. The van der Waals surface area contributed by atoms with Gasteiger partial charge in [0.2, 0.25) is 5.91 Å². The molecule has 5 rings (SSSR count). The highest BCUT2D eigenvalue weighted by atomic mass is 16.1. The zero-order valence-corrected chi connectivity index (χ0v) is 19.1. The normalized spacial score (nSPS) is 11.0. The molecule has 0 unspecified atom stereocenters. The Morgan fingerprint density at radius 2 is 1.97 bits per heavy atom. The first-order valence-electron chi connectivity index (χ1n) is 11.1. The van der Waals surface area contributed by atoms with Crippen LogP contribution < -0.4 is 5.73 Å². The Hall–Kier alpha value is -4.84. The van der Waals surface area contributed by atoms with Crippen molar-refractivity contribution in [2.75, 3.05) is 0 Å². The predicted octanol–water partition coefficient (Wildman–Crippen LogP) is 3.30. The second-order valence-corrected chi connectivity index (χ2v) is 8.26. The van der Waals surface area contributed by atoms with Gasteiger partial charge in [0.15, 0.2) is 5.65 Å².